The summed E-state index contributed by atoms with van der Waals surface area (Å²) in [4.78, 5) is 12.0. The van der Waals surface area contributed by atoms with Crippen molar-refractivity contribution in [3.8, 4) is 5.75 Å². The van der Waals surface area contributed by atoms with Crippen molar-refractivity contribution in [2.75, 3.05) is 31.7 Å². The summed E-state index contributed by atoms with van der Waals surface area (Å²) in [6, 6.07) is 4.99. The number of alkyl halides is 2. The lowest BCUT2D eigenvalue weighted by Gasteiger charge is -2.23. The Morgan fingerprint density at radius 1 is 1.55 bits per heavy atom. The Bertz CT molecular complexity index is 506. The van der Waals surface area contributed by atoms with Gasteiger partial charge in [0.15, 0.2) is 0 Å². The van der Waals surface area contributed by atoms with Crippen molar-refractivity contribution in [1.29, 1.82) is 0 Å². The van der Waals surface area contributed by atoms with Crippen molar-refractivity contribution in [3.05, 3.63) is 23.8 Å². The van der Waals surface area contributed by atoms with Crippen molar-refractivity contribution in [2.24, 2.45) is 0 Å². The Hall–Kier alpha value is -1.73. The summed E-state index contributed by atoms with van der Waals surface area (Å²) < 4.78 is 34.7. The maximum Gasteiger partial charge on any atom is 0.272 e. The van der Waals surface area contributed by atoms with E-state index in [0.29, 0.717) is 31.1 Å². The number of benzene rings is 1. The predicted molar refractivity (Wildman–Crippen MR) is 78.5 cm³/mol. The summed E-state index contributed by atoms with van der Waals surface area (Å²) in [5.41, 5.74) is 1.26. The Morgan fingerprint density at radius 3 is 3.05 bits per heavy atom. The highest BCUT2D eigenvalue weighted by Gasteiger charge is 2.17. The highest BCUT2D eigenvalue weighted by Crippen LogP contribution is 2.23. The van der Waals surface area contributed by atoms with Crippen LogP contribution in [-0.2, 0) is 9.53 Å². The van der Waals surface area contributed by atoms with E-state index in [0.717, 1.165) is 12.1 Å². The molecule has 1 unspecified atom stereocenters. The SMILES string of the molecule is Cc1ccc(NC(=O)CC2COCCN2)cc1OCC(F)F. The number of rotatable bonds is 6. The maximum atomic E-state index is 12.2. The number of nitrogens with one attached hydrogen (secondary N) is 2. The van der Waals surface area contributed by atoms with Crippen molar-refractivity contribution >= 4 is 11.6 Å². The molecule has 1 fully saturated rings. The molecule has 2 N–H and O–H groups in total. The van der Waals surface area contributed by atoms with Gasteiger partial charge in [-0.2, -0.15) is 0 Å². The van der Waals surface area contributed by atoms with Crippen LogP contribution in [0.15, 0.2) is 18.2 Å². The Kier molecular flexibility index (Phi) is 6.09. The molecule has 22 heavy (non-hydrogen) atoms. The molecule has 1 aromatic carbocycles. The van der Waals surface area contributed by atoms with E-state index in [4.69, 9.17) is 9.47 Å². The van der Waals surface area contributed by atoms with Crippen molar-refractivity contribution in [1.82, 2.24) is 5.32 Å². The van der Waals surface area contributed by atoms with Gasteiger partial charge in [0.05, 0.1) is 13.2 Å². The summed E-state index contributed by atoms with van der Waals surface area (Å²) in [6.45, 7) is 2.98. The second-order valence-corrected chi connectivity index (χ2v) is 5.16. The molecule has 1 aliphatic heterocycles. The van der Waals surface area contributed by atoms with Crippen LogP contribution in [0.2, 0.25) is 0 Å². The van der Waals surface area contributed by atoms with E-state index in [-0.39, 0.29) is 11.9 Å². The number of carbonyl (C=O) groups is 1. The van der Waals surface area contributed by atoms with Gasteiger partial charge in [-0.3, -0.25) is 4.79 Å². The van der Waals surface area contributed by atoms with Gasteiger partial charge in [-0.05, 0) is 18.6 Å². The summed E-state index contributed by atoms with van der Waals surface area (Å²) >= 11 is 0. The molecule has 122 valence electrons. The number of hydrogen-bond donors (Lipinski definition) is 2. The van der Waals surface area contributed by atoms with Crippen LogP contribution < -0.4 is 15.4 Å². The first-order valence-electron chi connectivity index (χ1n) is 7.17. The standard InChI is InChI=1S/C15H20F2N2O3/c1-10-2-3-11(6-13(10)22-9-14(16)17)19-15(20)7-12-8-21-5-4-18-12/h2-3,6,12,14,18H,4-5,7-9H2,1H3,(H,19,20). The lowest BCUT2D eigenvalue weighted by molar-refractivity contribution is -0.117. The van der Waals surface area contributed by atoms with Gasteiger partial charge in [0.2, 0.25) is 5.91 Å². The molecule has 1 heterocycles. The van der Waals surface area contributed by atoms with Gasteiger partial charge in [-0.1, -0.05) is 6.07 Å². The number of amides is 1. The van der Waals surface area contributed by atoms with Gasteiger partial charge in [-0.25, -0.2) is 8.78 Å². The van der Waals surface area contributed by atoms with Gasteiger partial charge in [0, 0.05) is 30.8 Å². The fraction of sp³-hybridized carbons (Fsp3) is 0.533. The number of halogens is 2. The molecule has 0 saturated carbocycles. The number of hydrogen-bond acceptors (Lipinski definition) is 4. The molecule has 0 bridgehead atoms. The van der Waals surface area contributed by atoms with E-state index in [1.807, 2.05) is 0 Å². The average molecular weight is 314 g/mol. The molecule has 0 aromatic heterocycles. The van der Waals surface area contributed by atoms with Gasteiger partial charge < -0.3 is 20.1 Å². The maximum absolute atomic E-state index is 12.2. The third-order valence-electron chi connectivity index (χ3n) is 3.27. The number of morpholine rings is 1. The average Bonchev–Trinajstić information content (AvgIpc) is 2.48. The molecule has 7 heteroatoms. The van der Waals surface area contributed by atoms with Gasteiger partial charge in [-0.15, -0.1) is 0 Å². The first kappa shape index (κ1) is 16.6. The van der Waals surface area contributed by atoms with E-state index in [2.05, 4.69) is 10.6 Å². The van der Waals surface area contributed by atoms with E-state index in [9.17, 15) is 13.6 Å². The van der Waals surface area contributed by atoms with E-state index >= 15 is 0 Å². The first-order valence-corrected chi connectivity index (χ1v) is 7.17. The molecule has 1 amide bonds. The molecule has 0 radical (unpaired) electrons. The fourth-order valence-electron chi connectivity index (χ4n) is 2.17. The topological polar surface area (TPSA) is 59.6 Å². The van der Waals surface area contributed by atoms with Crippen LogP contribution in [0.4, 0.5) is 14.5 Å². The monoisotopic (exact) mass is 314 g/mol. The van der Waals surface area contributed by atoms with Gasteiger partial charge in [0.25, 0.3) is 6.43 Å². The second kappa shape index (κ2) is 8.05. The zero-order chi connectivity index (χ0) is 15.9. The largest absolute Gasteiger partial charge is 0.487 e. The fourth-order valence-corrected chi connectivity index (χ4v) is 2.17. The van der Waals surface area contributed by atoms with Crippen LogP contribution in [0.1, 0.15) is 12.0 Å². The highest BCUT2D eigenvalue weighted by molar-refractivity contribution is 5.91. The smallest absolute Gasteiger partial charge is 0.272 e. The number of carbonyl (C=O) groups excluding carboxylic acids is 1. The molecule has 0 spiro atoms. The molecule has 1 atom stereocenters. The number of ether oxygens (including phenoxy) is 2. The van der Waals surface area contributed by atoms with E-state index in [1.54, 1.807) is 25.1 Å². The van der Waals surface area contributed by atoms with Crippen LogP contribution in [0.25, 0.3) is 0 Å². The molecule has 1 aliphatic rings. The minimum absolute atomic E-state index is 0.00578. The van der Waals surface area contributed by atoms with Crippen LogP contribution in [-0.4, -0.2) is 44.7 Å². The van der Waals surface area contributed by atoms with Crippen LogP contribution in [0, 0.1) is 6.92 Å². The highest BCUT2D eigenvalue weighted by atomic mass is 19.3. The van der Waals surface area contributed by atoms with Crippen LogP contribution in [0.3, 0.4) is 0 Å². The van der Waals surface area contributed by atoms with E-state index < -0.39 is 13.0 Å². The van der Waals surface area contributed by atoms with Crippen molar-refractivity contribution in [2.45, 2.75) is 25.8 Å². The lowest BCUT2D eigenvalue weighted by Crippen LogP contribution is -2.43. The van der Waals surface area contributed by atoms with Gasteiger partial charge in [0.1, 0.15) is 12.4 Å². The lowest BCUT2D eigenvalue weighted by atomic mass is 10.1. The second-order valence-electron chi connectivity index (χ2n) is 5.16. The van der Waals surface area contributed by atoms with Crippen LogP contribution in [0.5, 0.6) is 5.75 Å². The van der Waals surface area contributed by atoms with Crippen LogP contribution >= 0.6 is 0 Å². The summed E-state index contributed by atoms with van der Waals surface area (Å²) in [5, 5.41) is 5.94. The molecule has 5 nitrogen and oxygen atoms in total. The molecular weight excluding hydrogens is 294 g/mol. The molecule has 0 aliphatic carbocycles. The predicted octanol–water partition coefficient (Wildman–Crippen LogP) is 1.96. The van der Waals surface area contributed by atoms with E-state index in [1.165, 1.54) is 0 Å². The molecule has 1 aromatic rings. The third-order valence-corrected chi connectivity index (χ3v) is 3.27. The summed E-state index contributed by atoms with van der Waals surface area (Å²) in [7, 11) is 0. The number of aryl methyl sites for hydroxylation is 1. The molecule has 2 rings (SSSR count). The Morgan fingerprint density at radius 2 is 2.36 bits per heavy atom. The molecule has 1 saturated heterocycles. The summed E-state index contributed by atoms with van der Waals surface area (Å²) in [6.07, 6.45) is -2.24. The van der Waals surface area contributed by atoms with Crippen molar-refractivity contribution in [3.63, 3.8) is 0 Å². The molecular formula is C15H20F2N2O3. The summed E-state index contributed by atoms with van der Waals surface area (Å²) in [5.74, 6) is 0.184. The first-order chi connectivity index (χ1) is 10.5. The quantitative estimate of drug-likeness (QED) is 0.843. The van der Waals surface area contributed by atoms with Gasteiger partial charge >= 0.3 is 0 Å². The minimum atomic E-state index is -2.53. The van der Waals surface area contributed by atoms with Crippen molar-refractivity contribution < 1.29 is 23.0 Å². The normalized spacial score (nSPS) is 18.3. The Balaban J connectivity index is 1.90. The third kappa shape index (κ3) is 5.23. The number of anilines is 1. The Labute approximate surface area is 128 Å². The zero-order valence-corrected chi connectivity index (χ0v) is 12.4. The zero-order valence-electron chi connectivity index (χ0n) is 12.4. The minimum Gasteiger partial charge on any atom is -0.487 e.